The van der Waals surface area contributed by atoms with Gasteiger partial charge in [0.15, 0.2) is 0 Å². The van der Waals surface area contributed by atoms with Crippen LogP contribution in [-0.4, -0.2) is 27.8 Å². The average molecular weight is 183 g/mol. The van der Waals surface area contributed by atoms with Crippen LogP contribution in [0.5, 0.6) is 0 Å². The maximum absolute atomic E-state index is 8.82. The fourth-order valence-corrected chi connectivity index (χ4v) is 1.06. The Balaban J connectivity index is 2.44. The minimum Gasteiger partial charge on any atom is -0.396 e. The van der Waals surface area contributed by atoms with Crippen molar-refractivity contribution in [3.8, 4) is 0 Å². The molecule has 13 heavy (non-hydrogen) atoms. The molecule has 1 rings (SSSR count). The van der Waals surface area contributed by atoms with Crippen LogP contribution in [0.15, 0.2) is 12.4 Å². The zero-order valence-corrected chi connectivity index (χ0v) is 8.20. The van der Waals surface area contributed by atoms with Crippen LogP contribution in [0.3, 0.4) is 0 Å². The van der Waals surface area contributed by atoms with Gasteiger partial charge in [0.05, 0.1) is 0 Å². The highest BCUT2D eigenvalue weighted by Crippen LogP contribution is 2.04. The van der Waals surface area contributed by atoms with Crippen LogP contribution in [0.25, 0.3) is 0 Å². The summed E-state index contributed by atoms with van der Waals surface area (Å²) in [5.41, 5.74) is 0. The first-order valence-electron chi connectivity index (χ1n) is 4.63. The molecule has 0 bridgehead atoms. The summed E-state index contributed by atoms with van der Waals surface area (Å²) in [6, 6.07) is 0. The van der Waals surface area contributed by atoms with Gasteiger partial charge in [0.1, 0.15) is 0 Å². The molecule has 1 atom stereocenters. The Morgan fingerprint density at radius 3 is 3.08 bits per heavy atom. The zero-order chi connectivity index (χ0) is 9.68. The van der Waals surface area contributed by atoms with Gasteiger partial charge in [0.25, 0.3) is 0 Å². The molecule has 1 aromatic rings. The minimum atomic E-state index is 0.208. The molecule has 4 heteroatoms. The van der Waals surface area contributed by atoms with E-state index < -0.39 is 0 Å². The van der Waals surface area contributed by atoms with Gasteiger partial charge in [-0.2, -0.15) is 0 Å². The van der Waals surface area contributed by atoms with Crippen LogP contribution in [-0.2, 0) is 6.54 Å². The summed E-state index contributed by atoms with van der Waals surface area (Å²) in [6.07, 6.45) is 3.71. The summed E-state index contributed by atoms with van der Waals surface area (Å²) >= 11 is 0. The van der Waals surface area contributed by atoms with Gasteiger partial charge in [0.2, 0.25) is 5.95 Å². The van der Waals surface area contributed by atoms with E-state index in [1.54, 1.807) is 6.20 Å². The molecule has 1 aromatic heterocycles. The standard InChI is InChI=1S/C9H17N3O/c1-3-12-5-4-10-9(12)11-6-8(2)7-13/h4-5,8,13H,3,6-7H2,1-2H3,(H,10,11). The van der Waals surface area contributed by atoms with Gasteiger partial charge in [-0.25, -0.2) is 4.98 Å². The topological polar surface area (TPSA) is 50.1 Å². The lowest BCUT2D eigenvalue weighted by Gasteiger charge is -2.10. The van der Waals surface area contributed by atoms with E-state index in [1.165, 1.54) is 0 Å². The lowest BCUT2D eigenvalue weighted by molar-refractivity contribution is 0.244. The second-order valence-electron chi connectivity index (χ2n) is 3.21. The molecule has 0 spiro atoms. The van der Waals surface area contributed by atoms with Crippen LogP contribution >= 0.6 is 0 Å². The number of hydrogen-bond donors (Lipinski definition) is 2. The molecule has 2 N–H and O–H groups in total. The Kier molecular flexibility index (Phi) is 3.76. The molecule has 0 aromatic carbocycles. The largest absolute Gasteiger partial charge is 0.396 e. The van der Waals surface area contributed by atoms with Crippen molar-refractivity contribution in [3.05, 3.63) is 12.4 Å². The van der Waals surface area contributed by atoms with Gasteiger partial charge in [-0.05, 0) is 12.8 Å². The van der Waals surface area contributed by atoms with E-state index in [0.717, 1.165) is 19.0 Å². The Morgan fingerprint density at radius 2 is 2.46 bits per heavy atom. The fourth-order valence-electron chi connectivity index (χ4n) is 1.06. The Labute approximate surface area is 78.6 Å². The lowest BCUT2D eigenvalue weighted by Crippen LogP contribution is -2.16. The van der Waals surface area contributed by atoms with Crippen LogP contribution in [0.1, 0.15) is 13.8 Å². The maximum atomic E-state index is 8.82. The van der Waals surface area contributed by atoms with Gasteiger partial charge in [-0.3, -0.25) is 0 Å². The van der Waals surface area contributed by atoms with Gasteiger partial charge in [0, 0.05) is 32.1 Å². The Morgan fingerprint density at radius 1 is 1.69 bits per heavy atom. The van der Waals surface area contributed by atoms with E-state index in [0.29, 0.717) is 0 Å². The van der Waals surface area contributed by atoms with E-state index in [9.17, 15) is 0 Å². The molecule has 74 valence electrons. The fraction of sp³-hybridized carbons (Fsp3) is 0.667. The molecule has 0 saturated heterocycles. The predicted octanol–water partition coefficient (Wildman–Crippen LogP) is 0.943. The van der Waals surface area contributed by atoms with Crippen molar-refractivity contribution in [2.45, 2.75) is 20.4 Å². The molecule has 0 aliphatic carbocycles. The molecule has 0 saturated carbocycles. The predicted molar refractivity (Wildman–Crippen MR) is 52.6 cm³/mol. The Hall–Kier alpha value is -1.03. The number of nitrogens with one attached hydrogen (secondary N) is 1. The van der Waals surface area contributed by atoms with Crippen LogP contribution in [0.2, 0.25) is 0 Å². The molecule has 4 nitrogen and oxygen atoms in total. The van der Waals surface area contributed by atoms with Crippen LogP contribution < -0.4 is 5.32 Å². The first-order chi connectivity index (χ1) is 6.27. The summed E-state index contributed by atoms with van der Waals surface area (Å²) < 4.78 is 2.03. The number of anilines is 1. The van der Waals surface area contributed by atoms with Crippen molar-refractivity contribution in [2.75, 3.05) is 18.5 Å². The highest BCUT2D eigenvalue weighted by atomic mass is 16.3. The van der Waals surface area contributed by atoms with Crippen molar-refractivity contribution in [2.24, 2.45) is 5.92 Å². The number of rotatable bonds is 5. The summed E-state index contributed by atoms with van der Waals surface area (Å²) in [7, 11) is 0. The number of aliphatic hydroxyl groups is 1. The van der Waals surface area contributed by atoms with E-state index in [2.05, 4.69) is 17.2 Å². The molecule has 1 unspecified atom stereocenters. The monoisotopic (exact) mass is 183 g/mol. The minimum absolute atomic E-state index is 0.208. The van der Waals surface area contributed by atoms with Gasteiger partial charge < -0.3 is 15.0 Å². The zero-order valence-electron chi connectivity index (χ0n) is 8.20. The number of nitrogens with zero attached hydrogens (tertiary/aromatic N) is 2. The SMILES string of the molecule is CCn1ccnc1NCC(C)CO. The van der Waals surface area contributed by atoms with Crippen molar-refractivity contribution < 1.29 is 5.11 Å². The van der Waals surface area contributed by atoms with Gasteiger partial charge in [-0.15, -0.1) is 0 Å². The molecule has 0 aliphatic heterocycles. The number of hydrogen-bond acceptors (Lipinski definition) is 3. The van der Waals surface area contributed by atoms with Gasteiger partial charge >= 0.3 is 0 Å². The maximum Gasteiger partial charge on any atom is 0.202 e. The highest BCUT2D eigenvalue weighted by molar-refractivity contribution is 5.25. The normalized spacial score (nSPS) is 12.8. The molecular formula is C9H17N3O. The number of aryl methyl sites for hydroxylation is 1. The van der Waals surface area contributed by atoms with Crippen molar-refractivity contribution in [1.82, 2.24) is 9.55 Å². The highest BCUT2D eigenvalue weighted by Gasteiger charge is 2.02. The summed E-state index contributed by atoms with van der Waals surface area (Å²) in [5.74, 6) is 1.14. The quantitative estimate of drug-likeness (QED) is 0.714. The smallest absolute Gasteiger partial charge is 0.202 e. The summed E-state index contributed by atoms with van der Waals surface area (Å²) in [4.78, 5) is 4.16. The van der Waals surface area contributed by atoms with Crippen LogP contribution in [0.4, 0.5) is 5.95 Å². The second-order valence-corrected chi connectivity index (χ2v) is 3.21. The summed E-state index contributed by atoms with van der Waals surface area (Å²) in [6.45, 7) is 5.94. The lowest BCUT2D eigenvalue weighted by atomic mass is 10.2. The van der Waals surface area contributed by atoms with Crippen molar-refractivity contribution >= 4 is 5.95 Å². The van der Waals surface area contributed by atoms with E-state index in [-0.39, 0.29) is 12.5 Å². The molecule has 0 radical (unpaired) electrons. The van der Waals surface area contributed by atoms with Crippen LogP contribution in [0, 0.1) is 5.92 Å². The van der Waals surface area contributed by atoms with Crippen molar-refractivity contribution in [3.63, 3.8) is 0 Å². The number of imidazole rings is 1. The number of aliphatic hydroxyl groups excluding tert-OH is 1. The number of aromatic nitrogens is 2. The van der Waals surface area contributed by atoms with E-state index in [1.807, 2.05) is 17.7 Å². The molecule has 0 fully saturated rings. The molecule has 1 heterocycles. The third-order valence-corrected chi connectivity index (χ3v) is 1.98. The molecule has 0 amide bonds. The first-order valence-corrected chi connectivity index (χ1v) is 4.63. The van der Waals surface area contributed by atoms with Gasteiger partial charge in [-0.1, -0.05) is 6.92 Å². The summed E-state index contributed by atoms with van der Waals surface area (Å²) in [5, 5.41) is 12.0. The van der Waals surface area contributed by atoms with E-state index >= 15 is 0 Å². The molecule has 0 aliphatic rings. The second kappa shape index (κ2) is 4.87. The Bertz CT molecular complexity index is 247. The first kappa shape index (κ1) is 10.1. The molecular weight excluding hydrogens is 166 g/mol. The average Bonchev–Trinajstić information content (AvgIpc) is 2.61. The third kappa shape index (κ3) is 2.73. The van der Waals surface area contributed by atoms with E-state index in [4.69, 9.17) is 5.11 Å². The van der Waals surface area contributed by atoms with Crippen molar-refractivity contribution in [1.29, 1.82) is 0 Å². The third-order valence-electron chi connectivity index (χ3n) is 1.98.